The summed E-state index contributed by atoms with van der Waals surface area (Å²) in [7, 11) is 0. The van der Waals surface area contributed by atoms with E-state index in [0.29, 0.717) is 0 Å². The molecule has 2 rings (SSSR count). The van der Waals surface area contributed by atoms with Gasteiger partial charge in [0.05, 0.1) is 0 Å². The van der Waals surface area contributed by atoms with Crippen molar-refractivity contribution in [3.63, 3.8) is 0 Å². The normalized spacial score (nSPS) is 12.5. The standard InChI is InChI=1S/C20H25O/c1-19(2,3)16-12-15(14-10-8-7-9-11-14)13-17(18(16)21)20(4,5)6/h7-13H,1-6H3. The van der Waals surface area contributed by atoms with E-state index in [9.17, 15) is 5.11 Å². The first kappa shape index (κ1) is 15.6. The molecule has 0 amide bonds. The fourth-order valence-corrected chi connectivity index (χ4v) is 2.54. The molecule has 0 bridgehead atoms. The minimum atomic E-state index is -0.151. The van der Waals surface area contributed by atoms with Crippen molar-refractivity contribution in [2.75, 3.05) is 0 Å². The third-order valence-corrected chi connectivity index (χ3v) is 3.81. The van der Waals surface area contributed by atoms with Gasteiger partial charge < -0.3 is 0 Å². The number of hydrogen-bond acceptors (Lipinski definition) is 0. The van der Waals surface area contributed by atoms with Gasteiger partial charge in [0.25, 0.3) is 0 Å². The highest BCUT2D eigenvalue weighted by atomic mass is 16.3. The number of hydrogen-bond donors (Lipinski definition) is 0. The highest BCUT2D eigenvalue weighted by molar-refractivity contribution is 5.68. The van der Waals surface area contributed by atoms with Crippen LogP contribution in [0.25, 0.3) is 11.1 Å². The Hall–Kier alpha value is -1.76. The molecule has 0 aliphatic heterocycles. The predicted octanol–water partition coefficient (Wildman–Crippen LogP) is 6.09. The Kier molecular flexibility index (Phi) is 3.88. The quantitative estimate of drug-likeness (QED) is 0.602. The van der Waals surface area contributed by atoms with Gasteiger partial charge in [-0.05, 0) is 34.1 Å². The van der Waals surface area contributed by atoms with E-state index in [-0.39, 0.29) is 16.6 Å². The van der Waals surface area contributed by atoms with E-state index in [4.69, 9.17) is 0 Å². The van der Waals surface area contributed by atoms with E-state index in [1.165, 1.54) is 0 Å². The van der Waals surface area contributed by atoms with Gasteiger partial charge in [0, 0.05) is 11.1 Å². The van der Waals surface area contributed by atoms with E-state index >= 15 is 0 Å². The van der Waals surface area contributed by atoms with Crippen molar-refractivity contribution < 1.29 is 5.11 Å². The highest BCUT2D eigenvalue weighted by Crippen LogP contribution is 2.42. The molecule has 1 radical (unpaired) electrons. The van der Waals surface area contributed by atoms with Gasteiger partial charge in [-0.3, -0.25) is 5.11 Å². The molecule has 21 heavy (non-hydrogen) atoms. The Bertz CT molecular complexity index is 590. The van der Waals surface area contributed by atoms with Crippen molar-refractivity contribution in [2.45, 2.75) is 52.4 Å². The molecule has 0 aromatic heterocycles. The SMILES string of the molecule is CC(C)(C)c1cc(-c2ccccc2)cc(C(C)(C)C)c1[O]. The average Bonchev–Trinajstić information content (AvgIpc) is 2.37. The van der Waals surface area contributed by atoms with E-state index < -0.39 is 0 Å². The molecule has 0 heterocycles. The lowest BCUT2D eigenvalue weighted by molar-refractivity contribution is 0.327. The van der Waals surface area contributed by atoms with Crippen LogP contribution in [0.15, 0.2) is 42.5 Å². The van der Waals surface area contributed by atoms with E-state index in [1.54, 1.807) is 0 Å². The number of benzene rings is 2. The van der Waals surface area contributed by atoms with E-state index in [0.717, 1.165) is 22.3 Å². The van der Waals surface area contributed by atoms with E-state index in [2.05, 4.69) is 65.8 Å². The van der Waals surface area contributed by atoms with Gasteiger partial charge in [0.15, 0.2) is 5.75 Å². The maximum atomic E-state index is 12.8. The van der Waals surface area contributed by atoms with Crippen LogP contribution in [-0.2, 0) is 15.9 Å². The first-order chi connectivity index (χ1) is 9.60. The molecule has 0 saturated heterocycles. The molecule has 0 saturated carbocycles. The zero-order chi connectivity index (χ0) is 15.8. The molecule has 0 aliphatic rings. The molecule has 0 unspecified atom stereocenters. The number of rotatable bonds is 1. The van der Waals surface area contributed by atoms with Gasteiger partial charge in [0.2, 0.25) is 0 Å². The minimum absolute atomic E-state index is 0.151. The van der Waals surface area contributed by atoms with Gasteiger partial charge in [-0.15, -0.1) is 0 Å². The molecule has 1 heteroatoms. The topological polar surface area (TPSA) is 19.9 Å². The predicted molar refractivity (Wildman–Crippen MR) is 89.4 cm³/mol. The van der Waals surface area contributed by atoms with Gasteiger partial charge in [-0.1, -0.05) is 71.9 Å². The molecule has 0 atom stereocenters. The molecule has 111 valence electrons. The lowest BCUT2D eigenvalue weighted by atomic mass is 9.78. The van der Waals surface area contributed by atoms with Crippen LogP contribution in [0.2, 0.25) is 0 Å². The van der Waals surface area contributed by atoms with Crippen LogP contribution < -0.4 is 0 Å². The van der Waals surface area contributed by atoms with E-state index in [1.807, 2.05) is 18.2 Å². The van der Waals surface area contributed by atoms with Crippen LogP contribution in [0.5, 0.6) is 5.75 Å². The summed E-state index contributed by atoms with van der Waals surface area (Å²) in [6.45, 7) is 12.6. The van der Waals surface area contributed by atoms with Crippen LogP contribution in [0.3, 0.4) is 0 Å². The molecule has 1 nitrogen and oxygen atoms in total. The summed E-state index contributed by atoms with van der Waals surface area (Å²) in [5.74, 6) is 0.190. The first-order valence-corrected chi connectivity index (χ1v) is 7.52. The summed E-state index contributed by atoms with van der Waals surface area (Å²) < 4.78 is 0. The molecular formula is C20H25O. The lowest BCUT2D eigenvalue weighted by Crippen LogP contribution is -2.17. The zero-order valence-electron chi connectivity index (χ0n) is 13.9. The second kappa shape index (κ2) is 5.22. The molecule has 0 aliphatic carbocycles. The molecule has 0 N–H and O–H groups in total. The zero-order valence-corrected chi connectivity index (χ0v) is 13.9. The maximum absolute atomic E-state index is 12.8. The molecule has 0 fully saturated rings. The lowest BCUT2D eigenvalue weighted by Gasteiger charge is -2.27. The molecule has 0 spiro atoms. The van der Waals surface area contributed by atoms with Gasteiger partial charge in [0.1, 0.15) is 0 Å². The summed E-state index contributed by atoms with van der Waals surface area (Å²) in [6, 6.07) is 14.4. The Balaban J connectivity index is 2.75. The third-order valence-electron chi connectivity index (χ3n) is 3.81. The molecule has 2 aromatic rings. The van der Waals surface area contributed by atoms with Crippen LogP contribution in [0, 0.1) is 0 Å². The first-order valence-electron chi connectivity index (χ1n) is 7.52. The van der Waals surface area contributed by atoms with Crippen LogP contribution in [0.4, 0.5) is 0 Å². The molecular weight excluding hydrogens is 256 g/mol. The fourth-order valence-electron chi connectivity index (χ4n) is 2.54. The Morgan fingerprint density at radius 1 is 0.667 bits per heavy atom. The second-order valence-electron chi connectivity index (χ2n) is 7.77. The fraction of sp³-hybridized carbons (Fsp3) is 0.400. The summed E-state index contributed by atoms with van der Waals surface area (Å²) in [5.41, 5.74) is 3.78. The smallest absolute Gasteiger partial charge is 0.186 e. The van der Waals surface area contributed by atoms with Crippen molar-refractivity contribution in [3.05, 3.63) is 53.6 Å². The average molecular weight is 281 g/mol. The van der Waals surface area contributed by atoms with Gasteiger partial charge in [-0.2, -0.15) is 0 Å². The Labute approximate surface area is 128 Å². The van der Waals surface area contributed by atoms with Gasteiger partial charge >= 0.3 is 0 Å². The monoisotopic (exact) mass is 281 g/mol. The third kappa shape index (κ3) is 3.29. The van der Waals surface area contributed by atoms with Crippen molar-refractivity contribution in [1.29, 1.82) is 0 Å². The summed E-state index contributed by atoms with van der Waals surface area (Å²) in [4.78, 5) is 0. The largest absolute Gasteiger partial charge is 0.289 e. The van der Waals surface area contributed by atoms with Crippen LogP contribution >= 0.6 is 0 Å². The maximum Gasteiger partial charge on any atom is 0.186 e. The highest BCUT2D eigenvalue weighted by Gasteiger charge is 2.27. The van der Waals surface area contributed by atoms with Crippen molar-refractivity contribution >= 4 is 0 Å². The Morgan fingerprint density at radius 2 is 1.10 bits per heavy atom. The van der Waals surface area contributed by atoms with Crippen molar-refractivity contribution in [3.8, 4) is 16.9 Å². The summed E-state index contributed by atoms with van der Waals surface area (Å²) in [5, 5.41) is 12.8. The van der Waals surface area contributed by atoms with Crippen molar-refractivity contribution in [1.82, 2.24) is 0 Å². The van der Waals surface area contributed by atoms with Gasteiger partial charge in [-0.25, -0.2) is 0 Å². The summed E-state index contributed by atoms with van der Waals surface area (Å²) in [6.07, 6.45) is 0. The second-order valence-corrected chi connectivity index (χ2v) is 7.77. The molecule has 2 aromatic carbocycles. The van der Waals surface area contributed by atoms with Crippen LogP contribution in [0.1, 0.15) is 52.7 Å². The minimum Gasteiger partial charge on any atom is -0.289 e. The van der Waals surface area contributed by atoms with Crippen LogP contribution in [-0.4, -0.2) is 0 Å². The van der Waals surface area contributed by atoms with Crippen molar-refractivity contribution in [2.24, 2.45) is 0 Å². The summed E-state index contributed by atoms with van der Waals surface area (Å²) >= 11 is 0. The Morgan fingerprint density at radius 3 is 1.48 bits per heavy atom.